The van der Waals surface area contributed by atoms with Gasteiger partial charge in [0.1, 0.15) is 5.75 Å². The van der Waals surface area contributed by atoms with Crippen LogP contribution in [0, 0.1) is 0 Å². The molecule has 0 bridgehead atoms. The zero-order valence-electron chi connectivity index (χ0n) is 13.2. The van der Waals surface area contributed by atoms with Crippen molar-refractivity contribution in [3.05, 3.63) is 46.2 Å². The molecule has 128 valence electrons. The number of amides is 1. The first-order valence-electron chi connectivity index (χ1n) is 7.68. The van der Waals surface area contributed by atoms with Gasteiger partial charge in [0.15, 0.2) is 0 Å². The Morgan fingerprint density at radius 2 is 2.04 bits per heavy atom. The summed E-state index contributed by atoms with van der Waals surface area (Å²) in [6.07, 6.45) is 0.963. The van der Waals surface area contributed by atoms with Gasteiger partial charge in [-0.05, 0) is 54.6 Å². The number of nitrogens with zero attached hydrogens (tertiary/aromatic N) is 1. The number of hydrogen-bond donors (Lipinski definition) is 1. The second-order valence-corrected chi connectivity index (χ2v) is 6.66. The Bertz CT molecular complexity index is 703. The van der Waals surface area contributed by atoms with Gasteiger partial charge in [-0.3, -0.25) is 9.69 Å². The molecule has 0 fully saturated rings. The molecule has 2 aromatic rings. The third-order valence-corrected chi connectivity index (χ3v) is 5.13. The minimum absolute atomic E-state index is 0.0667. The van der Waals surface area contributed by atoms with Crippen LogP contribution >= 0.6 is 11.3 Å². The highest BCUT2D eigenvalue weighted by molar-refractivity contribution is 7.10. The van der Waals surface area contributed by atoms with E-state index in [1.807, 2.05) is 6.92 Å². The molecule has 0 aliphatic carbocycles. The standard InChI is InChI=1S/C17H18F2N2O2S/c1-11(21-8-6-15-12(10-21)7-9-24-15)16(22)20-13-2-4-14(5-3-13)23-17(18)19/h2-5,7,9,11,17H,6,8,10H2,1H3,(H,20,22)/t11-/m1/s1. The maximum Gasteiger partial charge on any atom is 0.387 e. The predicted molar refractivity (Wildman–Crippen MR) is 89.6 cm³/mol. The Hall–Kier alpha value is -1.99. The van der Waals surface area contributed by atoms with Crippen LogP contribution in [-0.2, 0) is 17.8 Å². The lowest BCUT2D eigenvalue weighted by Gasteiger charge is -2.31. The number of nitrogens with one attached hydrogen (secondary N) is 1. The van der Waals surface area contributed by atoms with Crippen molar-refractivity contribution in [1.82, 2.24) is 4.90 Å². The summed E-state index contributed by atoms with van der Waals surface area (Å²) in [6, 6.07) is 7.76. The fourth-order valence-corrected chi connectivity index (χ4v) is 3.62. The van der Waals surface area contributed by atoms with Crippen molar-refractivity contribution in [1.29, 1.82) is 0 Å². The van der Waals surface area contributed by atoms with E-state index in [0.717, 1.165) is 19.5 Å². The lowest BCUT2D eigenvalue weighted by Crippen LogP contribution is -2.44. The summed E-state index contributed by atoms with van der Waals surface area (Å²) >= 11 is 1.76. The summed E-state index contributed by atoms with van der Waals surface area (Å²) in [4.78, 5) is 16.0. The summed E-state index contributed by atoms with van der Waals surface area (Å²) < 4.78 is 28.5. The molecule has 3 rings (SSSR count). The Morgan fingerprint density at radius 3 is 2.75 bits per heavy atom. The van der Waals surface area contributed by atoms with Crippen LogP contribution in [0.1, 0.15) is 17.4 Å². The topological polar surface area (TPSA) is 41.6 Å². The Kier molecular flexibility index (Phi) is 5.11. The summed E-state index contributed by atoms with van der Waals surface area (Å²) in [6.45, 7) is 0.644. The summed E-state index contributed by atoms with van der Waals surface area (Å²) in [7, 11) is 0. The van der Waals surface area contributed by atoms with Crippen molar-refractivity contribution >= 4 is 22.9 Å². The molecule has 1 aliphatic rings. The highest BCUT2D eigenvalue weighted by atomic mass is 32.1. The number of benzene rings is 1. The normalized spacial score (nSPS) is 15.8. The fraction of sp³-hybridized carbons (Fsp3) is 0.353. The van der Waals surface area contributed by atoms with E-state index < -0.39 is 6.61 Å². The number of ether oxygens (including phenoxy) is 1. The van der Waals surface area contributed by atoms with Crippen molar-refractivity contribution in [2.24, 2.45) is 0 Å². The van der Waals surface area contributed by atoms with Gasteiger partial charge in [-0.1, -0.05) is 0 Å². The Morgan fingerprint density at radius 1 is 1.29 bits per heavy atom. The van der Waals surface area contributed by atoms with E-state index >= 15 is 0 Å². The molecule has 1 aliphatic heterocycles. The van der Waals surface area contributed by atoms with Gasteiger partial charge in [-0.15, -0.1) is 11.3 Å². The van der Waals surface area contributed by atoms with E-state index in [0.29, 0.717) is 5.69 Å². The lowest BCUT2D eigenvalue weighted by molar-refractivity contribution is -0.121. The molecule has 1 aromatic carbocycles. The Balaban J connectivity index is 1.58. The molecule has 0 saturated carbocycles. The van der Waals surface area contributed by atoms with Gasteiger partial charge < -0.3 is 10.1 Å². The summed E-state index contributed by atoms with van der Waals surface area (Å²) in [5, 5.41) is 4.90. The first-order chi connectivity index (χ1) is 11.5. The van der Waals surface area contributed by atoms with Crippen LogP contribution < -0.4 is 10.1 Å². The highest BCUT2D eigenvalue weighted by Gasteiger charge is 2.25. The minimum atomic E-state index is -2.86. The van der Waals surface area contributed by atoms with Crippen LogP contribution in [0.25, 0.3) is 0 Å². The molecule has 7 heteroatoms. The first kappa shape index (κ1) is 16.9. The van der Waals surface area contributed by atoms with Crippen LogP contribution in [0.15, 0.2) is 35.7 Å². The van der Waals surface area contributed by atoms with Gasteiger partial charge >= 0.3 is 6.61 Å². The van der Waals surface area contributed by atoms with E-state index in [1.165, 1.54) is 22.6 Å². The van der Waals surface area contributed by atoms with Gasteiger partial charge in [0.05, 0.1) is 6.04 Å². The molecule has 0 radical (unpaired) electrons. The third kappa shape index (κ3) is 3.91. The van der Waals surface area contributed by atoms with Crippen LogP contribution in [-0.4, -0.2) is 30.0 Å². The van der Waals surface area contributed by atoms with E-state index in [4.69, 9.17) is 0 Å². The predicted octanol–water partition coefficient (Wildman–Crippen LogP) is 3.73. The SMILES string of the molecule is C[C@H](C(=O)Nc1ccc(OC(F)F)cc1)N1CCc2sccc2C1. The first-order valence-corrected chi connectivity index (χ1v) is 8.56. The monoisotopic (exact) mass is 352 g/mol. The highest BCUT2D eigenvalue weighted by Crippen LogP contribution is 2.25. The van der Waals surface area contributed by atoms with Crippen molar-refractivity contribution in [3.8, 4) is 5.75 Å². The van der Waals surface area contributed by atoms with Gasteiger partial charge in [0.2, 0.25) is 5.91 Å². The Labute approximate surface area is 143 Å². The van der Waals surface area contributed by atoms with Crippen LogP contribution in [0.4, 0.5) is 14.5 Å². The molecule has 1 N–H and O–H groups in total. The zero-order valence-corrected chi connectivity index (χ0v) is 14.0. The number of hydrogen-bond acceptors (Lipinski definition) is 4. The van der Waals surface area contributed by atoms with Crippen LogP contribution in [0.3, 0.4) is 0 Å². The average molecular weight is 352 g/mol. The molecule has 4 nitrogen and oxygen atoms in total. The van der Waals surface area contributed by atoms with E-state index in [1.54, 1.807) is 23.5 Å². The number of fused-ring (bicyclic) bond motifs is 1. The molecule has 24 heavy (non-hydrogen) atoms. The zero-order chi connectivity index (χ0) is 17.1. The molecule has 0 unspecified atom stereocenters. The van der Waals surface area contributed by atoms with E-state index in [2.05, 4.69) is 26.4 Å². The third-order valence-electron chi connectivity index (χ3n) is 4.11. The molecular weight excluding hydrogens is 334 g/mol. The second-order valence-electron chi connectivity index (χ2n) is 5.66. The summed E-state index contributed by atoms with van der Waals surface area (Å²) in [5.74, 6) is -0.0479. The molecular formula is C17H18F2N2O2S. The van der Waals surface area contributed by atoms with Crippen molar-refractivity contribution in [2.45, 2.75) is 32.5 Å². The van der Waals surface area contributed by atoms with Crippen LogP contribution in [0.5, 0.6) is 5.75 Å². The maximum absolute atomic E-state index is 12.4. The molecule has 1 aromatic heterocycles. The van der Waals surface area contributed by atoms with Crippen molar-refractivity contribution in [2.75, 3.05) is 11.9 Å². The average Bonchev–Trinajstić information content (AvgIpc) is 3.03. The van der Waals surface area contributed by atoms with Crippen molar-refractivity contribution < 1.29 is 18.3 Å². The van der Waals surface area contributed by atoms with Gasteiger partial charge in [-0.25, -0.2) is 0 Å². The molecule has 0 spiro atoms. The van der Waals surface area contributed by atoms with E-state index in [9.17, 15) is 13.6 Å². The number of alkyl halides is 2. The lowest BCUT2D eigenvalue weighted by atomic mass is 10.1. The van der Waals surface area contributed by atoms with Crippen molar-refractivity contribution in [3.63, 3.8) is 0 Å². The maximum atomic E-state index is 12.4. The number of thiophene rings is 1. The molecule has 0 saturated heterocycles. The van der Waals surface area contributed by atoms with Crippen LogP contribution in [0.2, 0.25) is 0 Å². The number of carbonyl (C=O) groups is 1. The molecule has 1 amide bonds. The quantitative estimate of drug-likeness (QED) is 0.891. The van der Waals surface area contributed by atoms with Gasteiger partial charge in [0.25, 0.3) is 0 Å². The number of halogens is 2. The fourth-order valence-electron chi connectivity index (χ4n) is 2.73. The largest absolute Gasteiger partial charge is 0.435 e. The number of rotatable bonds is 5. The molecule has 2 heterocycles. The van der Waals surface area contributed by atoms with Gasteiger partial charge in [-0.2, -0.15) is 8.78 Å². The van der Waals surface area contributed by atoms with E-state index in [-0.39, 0.29) is 17.7 Å². The smallest absolute Gasteiger partial charge is 0.387 e. The minimum Gasteiger partial charge on any atom is -0.435 e. The second kappa shape index (κ2) is 7.27. The summed E-state index contributed by atoms with van der Waals surface area (Å²) in [5.41, 5.74) is 1.85. The molecule has 1 atom stereocenters. The number of anilines is 1. The van der Waals surface area contributed by atoms with Gasteiger partial charge in [0, 0.05) is 23.7 Å². The number of carbonyl (C=O) groups excluding carboxylic acids is 1.